The van der Waals surface area contributed by atoms with E-state index in [9.17, 15) is 14.9 Å². The van der Waals surface area contributed by atoms with E-state index in [-0.39, 0.29) is 28.5 Å². The summed E-state index contributed by atoms with van der Waals surface area (Å²) in [6.07, 6.45) is 5.01. The minimum atomic E-state index is -0.339. The molecule has 1 amide bonds. The minimum Gasteiger partial charge on any atom is -0.497 e. The van der Waals surface area contributed by atoms with Crippen LogP contribution in [0.2, 0.25) is 0 Å². The first kappa shape index (κ1) is 24.0. The molecule has 2 heterocycles. The van der Waals surface area contributed by atoms with E-state index in [4.69, 9.17) is 4.74 Å². The Hall–Kier alpha value is -3.13. The van der Waals surface area contributed by atoms with Crippen molar-refractivity contribution in [2.75, 3.05) is 44.7 Å². The second-order valence-electron chi connectivity index (χ2n) is 9.14. The van der Waals surface area contributed by atoms with Crippen LogP contribution in [0.5, 0.6) is 5.75 Å². The van der Waals surface area contributed by atoms with Gasteiger partial charge < -0.3 is 15.0 Å². The van der Waals surface area contributed by atoms with Crippen LogP contribution in [0.1, 0.15) is 43.7 Å². The molecule has 182 valence electrons. The van der Waals surface area contributed by atoms with E-state index in [0.717, 1.165) is 18.8 Å². The molecule has 2 saturated heterocycles. The molecule has 2 aliphatic heterocycles. The maximum atomic E-state index is 13.1. The molecular formula is C26H34N4O4. The van der Waals surface area contributed by atoms with E-state index in [1.165, 1.54) is 30.9 Å². The van der Waals surface area contributed by atoms with Gasteiger partial charge in [0.15, 0.2) is 0 Å². The van der Waals surface area contributed by atoms with Crippen molar-refractivity contribution in [3.05, 3.63) is 64.2 Å². The number of rotatable bonds is 8. The molecule has 2 aliphatic rings. The Morgan fingerprint density at radius 2 is 1.74 bits per heavy atom. The number of ether oxygens (including phenoxy) is 1. The van der Waals surface area contributed by atoms with Crippen LogP contribution in [0.25, 0.3) is 0 Å². The maximum absolute atomic E-state index is 13.1. The van der Waals surface area contributed by atoms with Crippen LogP contribution in [0.4, 0.5) is 11.4 Å². The molecule has 2 aromatic rings. The molecule has 4 rings (SSSR count). The first-order valence-electron chi connectivity index (χ1n) is 12.2. The Morgan fingerprint density at radius 1 is 1.06 bits per heavy atom. The molecule has 8 heteroatoms. The lowest BCUT2D eigenvalue weighted by Crippen LogP contribution is -2.44. The summed E-state index contributed by atoms with van der Waals surface area (Å²) >= 11 is 0. The highest BCUT2D eigenvalue weighted by atomic mass is 16.6. The normalized spacial score (nSPS) is 18.3. The number of piperidine rings is 2. The number of nitro groups is 1. The van der Waals surface area contributed by atoms with Crippen LogP contribution in [-0.2, 0) is 4.79 Å². The Labute approximate surface area is 201 Å². The third kappa shape index (κ3) is 5.67. The molecule has 1 N–H and O–H groups in total. The monoisotopic (exact) mass is 466 g/mol. The molecule has 34 heavy (non-hydrogen) atoms. The number of benzene rings is 2. The van der Waals surface area contributed by atoms with Gasteiger partial charge in [-0.05, 0) is 62.5 Å². The highest BCUT2D eigenvalue weighted by Crippen LogP contribution is 2.31. The number of para-hydroxylation sites is 2. The predicted octanol–water partition coefficient (Wildman–Crippen LogP) is 4.16. The molecule has 1 unspecified atom stereocenters. The van der Waals surface area contributed by atoms with Crippen molar-refractivity contribution < 1.29 is 14.5 Å². The van der Waals surface area contributed by atoms with Gasteiger partial charge in [0, 0.05) is 31.6 Å². The summed E-state index contributed by atoms with van der Waals surface area (Å²) in [7, 11) is 1.67. The van der Waals surface area contributed by atoms with Crippen molar-refractivity contribution in [2.45, 2.75) is 38.1 Å². The van der Waals surface area contributed by atoms with Crippen molar-refractivity contribution in [3.8, 4) is 5.75 Å². The van der Waals surface area contributed by atoms with Gasteiger partial charge in [0.05, 0.1) is 18.1 Å². The van der Waals surface area contributed by atoms with Gasteiger partial charge in [0.1, 0.15) is 11.4 Å². The van der Waals surface area contributed by atoms with Crippen molar-refractivity contribution >= 4 is 17.3 Å². The fourth-order valence-corrected chi connectivity index (χ4v) is 5.12. The molecule has 2 fully saturated rings. The molecule has 0 radical (unpaired) electrons. The summed E-state index contributed by atoms with van der Waals surface area (Å²) < 4.78 is 5.31. The summed E-state index contributed by atoms with van der Waals surface area (Å²) in [6.45, 7) is 3.94. The number of amides is 1. The van der Waals surface area contributed by atoms with Gasteiger partial charge in [0.2, 0.25) is 5.91 Å². The number of nitrogens with zero attached hydrogens (tertiary/aromatic N) is 3. The number of hydrogen-bond acceptors (Lipinski definition) is 6. The molecule has 0 saturated carbocycles. The topological polar surface area (TPSA) is 87.9 Å². The highest BCUT2D eigenvalue weighted by molar-refractivity contribution is 5.79. The van der Waals surface area contributed by atoms with Crippen LogP contribution in [0, 0.1) is 16.0 Å². The van der Waals surface area contributed by atoms with E-state index in [0.29, 0.717) is 38.2 Å². The molecule has 0 spiro atoms. The maximum Gasteiger partial charge on any atom is 0.292 e. The second kappa shape index (κ2) is 11.3. The molecule has 2 aromatic carbocycles. The number of hydrogen-bond donors (Lipinski definition) is 1. The van der Waals surface area contributed by atoms with Crippen LogP contribution in [0.15, 0.2) is 48.5 Å². The lowest BCUT2D eigenvalue weighted by molar-refractivity contribution is -0.384. The average Bonchev–Trinajstić information content (AvgIpc) is 2.89. The Balaban J connectivity index is 1.36. The zero-order valence-electron chi connectivity index (χ0n) is 19.8. The van der Waals surface area contributed by atoms with Crippen LogP contribution in [-0.4, -0.2) is 55.6 Å². The standard InChI is InChI=1S/C26H34N4O4/c1-34-22-11-9-20(10-12-22)25(28-15-5-2-6-16-28)19-27-26(31)21-13-17-29(18-14-21)23-7-3-4-8-24(23)30(32)33/h3-4,7-12,21,25H,2,5-6,13-19H2,1H3,(H,27,31). The quantitative estimate of drug-likeness (QED) is 0.464. The highest BCUT2D eigenvalue weighted by Gasteiger charge is 2.29. The summed E-state index contributed by atoms with van der Waals surface area (Å²) in [4.78, 5) is 28.6. The van der Waals surface area contributed by atoms with E-state index in [1.807, 2.05) is 23.1 Å². The summed E-state index contributed by atoms with van der Waals surface area (Å²) in [5, 5.41) is 14.6. The van der Waals surface area contributed by atoms with E-state index >= 15 is 0 Å². The number of likely N-dealkylation sites (tertiary alicyclic amines) is 1. The van der Waals surface area contributed by atoms with Crippen molar-refractivity contribution in [1.29, 1.82) is 0 Å². The second-order valence-corrected chi connectivity index (χ2v) is 9.14. The van der Waals surface area contributed by atoms with Crippen LogP contribution in [0.3, 0.4) is 0 Å². The molecule has 0 aromatic heterocycles. The van der Waals surface area contributed by atoms with Gasteiger partial charge >= 0.3 is 0 Å². The van der Waals surface area contributed by atoms with Gasteiger partial charge in [-0.25, -0.2) is 0 Å². The predicted molar refractivity (Wildman–Crippen MR) is 132 cm³/mol. The minimum absolute atomic E-state index is 0.0723. The van der Waals surface area contributed by atoms with Gasteiger partial charge in [0.25, 0.3) is 5.69 Å². The number of nitrogens with one attached hydrogen (secondary N) is 1. The Bertz CT molecular complexity index is 967. The molecule has 1 atom stereocenters. The van der Waals surface area contributed by atoms with E-state index in [1.54, 1.807) is 19.2 Å². The zero-order chi connectivity index (χ0) is 23.9. The number of carbonyl (C=O) groups is 1. The SMILES string of the molecule is COc1ccc(C(CNC(=O)C2CCN(c3ccccc3[N+](=O)[O-])CC2)N2CCCCC2)cc1. The molecule has 8 nitrogen and oxygen atoms in total. The molecule has 0 aliphatic carbocycles. The molecule has 0 bridgehead atoms. The number of carbonyl (C=O) groups excluding carboxylic acids is 1. The van der Waals surface area contributed by atoms with Crippen molar-refractivity contribution in [1.82, 2.24) is 10.2 Å². The van der Waals surface area contributed by atoms with Gasteiger partial charge in [-0.1, -0.05) is 30.7 Å². The Kier molecular flexibility index (Phi) is 8.00. The third-order valence-corrected chi connectivity index (χ3v) is 7.09. The van der Waals surface area contributed by atoms with Crippen molar-refractivity contribution in [2.24, 2.45) is 5.92 Å². The van der Waals surface area contributed by atoms with Gasteiger partial charge in [-0.15, -0.1) is 0 Å². The van der Waals surface area contributed by atoms with Crippen LogP contribution < -0.4 is 15.0 Å². The van der Waals surface area contributed by atoms with Gasteiger partial charge in [-0.2, -0.15) is 0 Å². The lowest BCUT2D eigenvalue weighted by atomic mass is 9.95. The van der Waals surface area contributed by atoms with Crippen LogP contribution >= 0.6 is 0 Å². The first-order valence-corrected chi connectivity index (χ1v) is 12.2. The number of nitro benzene ring substituents is 1. The lowest BCUT2D eigenvalue weighted by Gasteiger charge is -2.36. The fraction of sp³-hybridized carbons (Fsp3) is 0.500. The summed E-state index contributed by atoms with van der Waals surface area (Å²) in [5.74, 6) is 0.838. The Morgan fingerprint density at radius 3 is 2.38 bits per heavy atom. The average molecular weight is 467 g/mol. The zero-order valence-corrected chi connectivity index (χ0v) is 19.8. The van der Waals surface area contributed by atoms with Gasteiger partial charge in [-0.3, -0.25) is 19.8 Å². The largest absolute Gasteiger partial charge is 0.497 e. The first-order chi connectivity index (χ1) is 16.6. The third-order valence-electron chi connectivity index (χ3n) is 7.09. The van der Waals surface area contributed by atoms with Crippen molar-refractivity contribution in [3.63, 3.8) is 0 Å². The summed E-state index contributed by atoms with van der Waals surface area (Å²) in [6, 6.07) is 15.1. The van der Waals surface area contributed by atoms with E-state index < -0.39 is 0 Å². The van der Waals surface area contributed by atoms with E-state index in [2.05, 4.69) is 22.3 Å². The number of methoxy groups -OCH3 is 1. The molecular weight excluding hydrogens is 432 g/mol. The number of anilines is 1. The smallest absolute Gasteiger partial charge is 0.292 e. The summed E-state index contributed by atoms with van der Waals surface area (Å²) in [5.41, 5.74) is 1.94. The fourth-order valence-electron chi connectivity index (χ4n) is 5.12.